The van der Waals surface area contributed by atoms with E-state index >= 15 is 0 Å². The number of likely N-dealkylation sites (tertiary alicyclic amines) is 1. The van der Waals surface area contributed by atoms with Crippen molar-refractivity contribution in [1.29, 1.82) is 0 Å². The van der Waals surface area contributed by atoms with Gasteiger partial charge in [-0.05, 0) is 49.9 Å². The van der Waals surface area contributed by atoms with Crippen molar-refractivity contribution in [3.8, 4) is 0 Å². The quantitative estimate of drug-likeness (QED) is 0.665. The molecule has 0 spiro atoms. The molecule has 0 bridgehead atoms. The van der Waals surface area contributed by atoms with Gasteiger partial charge >= 0.3 is 5.97 Å². The number of benzene rings is 1. The number of aromatic nitrogens is 2. The lowest BCUT2D eigenvalue weighted by Gasteiger charge is -2.41. The zero-order chi connectivity index (χ0) is 20.0. The minimum Gasteiger partial charge on any atom is -0.466 e. The van der Waals surface area contributed by atoms with Gasteiger partial charge in [0.1, 0.15) is 0 Å². The molecule has 1 aliphatic rings. The van der Waals surface area contributed by atoms with Crippen LogP contribution in [-0.2, 0) is 27.3 Å². The highest BCUT2D eigenvalue weighted by Gasteiger charge is 2.44. The third-order valence-corrected chi connectivity index (χ3v) is 5.42. The zero-order valence-electron chi connectivity index (χ0n) is 16.1. The first-order valence-electron chi connectivity index (χ1n) is 9.69. The molecule has 28 heavy (non-hydrogen) atoms. The van der Waals surface area contributed by atoms with E-state index < -0.39 is 5.41 Å². The molecular weight excluding hydrogens is 378 g/mol. The van der Waals surface area contributed by atoms with Gasteiger partial charge in [0, 0.05) is 43.5 Å². The van der Waals surface area contributed by atoms with Crippen molar-refractivity contribution in [2.45, 2.75) is 39.2 Å². The molecule has 1 amide bonds. The van der Waals surface area contributed by atoms with E-state index in [4.69, 9.17) is 16.3 Å². The number of hydrogen-bond acceptors (Lipinski definition) is 4. The van der Waals surface area contributed by atoms with E-state index in [0.29, 0.717) is 50.5 Å². The van der Waals surface area contributed by atoms with Gasteiger partial charge in [0.2, 0.25) is 5.91 Å². The fraction of sp³-hybridized carbons (Fsp3) is 0.476. The Morgan fingerprint density at radius 1 is 1.32 bits per heavy atom. The van der Waals surface area contributed by atoms with E-state index in [1.165, 1.54) is 0 Å². The normalized spacial score (nSPS) is 19.4. The van der Waals surface area contributed by atoms with E-state index in [-0.39, 0.29) is 11.9 Å². The van der Waals surface area contributed by atoms with Crippen molar-refractivity contribution >= 4 is 23.5 Å². The van der Waals surface area contributed by atoms with Gasteiger partial charge in [-0.2, -0.15) is 5.10 Å². The van der Waals surface area contributed by atoms with Crippen LogP contribution in [-0.4, -0.2) is 46.3 Å². The molecule has 0 radical (unpaired) electrons. The molecule has 7 heteroatoms. The number of carbonyl (C=O) groups is 2. The maximum Gasteiger partial charge on any atom is 0.314 e. The predicted molar refractivity (Wildman–Crippen MR) is 107 cm³/mol. The summed E-state index contributed by atoms with van der Waals surface area (Å²) < 4.78 is 7.15. The van der Waals surface area contributed by atoms with Gasteiger partial charge in [-0.1, -0.05) is 23.7 Å². The van der Waals surface area contributed by atoms with Crippen LogP contribution in [0.25, 0.3) is 0 Å². The summed E-state index contributed by atoms with van der Waals surface area (Å²) in [6.07, 6.45) is 5.87. The first-order chi connectivity index (χ1) is 13.5. The predicted octanol–water partition coefficient (Wildman–Crippen LogP) is 3.34. The van der Waals surface area contributed by atoms with Crippen LogP contribution in [0.2, 0.25) is 5.02 Å². The monoisotopic (exact) mass is 403 g/mol. The highest BCUT2D eigenvalue weighted by Crippen LogP contribution is 2.36. The minimum atomic E-state index is -0.736. The molecule has 1 aromatic heterocycles. The summed E-state index contributed by atoms with van der Waals surface area (Å²) >= 11 is 6.13. The van der Waals surface area contributed by atoms with Gasteiger partial charge in [-0.25, -0.2) is 0 Å². The van der Waals surface area contributed by atoms with Crippen LogP contribution < -0.4 is 0 Å². The van der Waals surface area contributed by atoms with Crippen LogP contribution in [0.3, 0.4) is 0 Å². The number of halogens is 1. The van der Waals surface area contributed by atoms with Crippen LogP contribution in [0.15, 0.2) is 42.7 Å². The summed E-state index contributed by atoms with van der Waals surface area (Å²) in [4.78, 5) is 27.5. The van der Waals surface area contributed by atoms with Crippen molar-refractivity contribution in [1.82, 2.24) is 14.7 Å². The van der Waals surface area contributed by atoms with E-state index in [9.17, 15) is 9.59 Å². The lowest BCUT2D eigenvalue weighted by molar-refractivity contribution is -0.160. The third-order valence-electron chi connectivity index (χ3n) is 5.18. The van der Waals surface area contributed by atoms with Gasteiger partial charge < -0.3 is 9.64 Å². The molecule has 2 aromatic rings. The van der Waals surface area contributed by atoms with Gasteiger partial charge in [0.25, 0.3) is 0 Å². The second kappa shape index (κ2) is 9.24. The number of hydrogen-bond donors (Lipinski definition) is 0. The number of aryl methyl sites for hydroxylation is 1. The average molecular weight is 404 g/mol. The topological polar surface area (TPSA) is 64.4 Å². The first-order valence-corrected chi connectivity index (χ1v) is 10.1. The lowest BCUT2D eigenvalue weighted by atomic mass is 9.75. The Hall–Kier alpha value is -2.34. The fourth-order valence-electron chi connectivity index (χ4n) is 3.85. The van der Waals surface area contributed by atoms with Crippen LogP contribution in [0.1, 0.15) is 31.7 Å². The Kier molecular flexibility index (Phi) is 6.73. The van der Waals surface area contributed by atoms with Gasteiger partial charge in [-0.15, -0.1) is 0 Å². The van der Waals surface area contributed by atoms with Crippen LogP contribution in [0.4, 0.5) is 0 Å². The fourth-order valence-corrected chi connectivity index (χ4v) is 4.06. The molecule has 1 aromatic carbocycles. The molecule has 1 saturated heterocycles. The van der Waals surface area contributed by atoms with Crippen LogP contribution >= 0.6 is 11.6 Å². The summed E-state index contributed by atoms with van der Waals surface area (Å²) in [5.41, 5.74) is 0.242. The van der Waals surface area contributed by atoms with Crippen molar-refractivity contribution < 1.29 is 14.3 Å². The Bertz CT molecular complexity index is 809. The number of amides is 1. The Morgan fingerprint density at radius 2 is 2.18 bits per heavy atom. The Morgan fingerprint density at radius 3 is 2.89 bits per heavy atom. The SMILES string of the molecule is CCOC(=O)C1(Cc2cccc(Cl)c2)CCCN(C(=O)CCn2cccn2)C1. The summed E-state index contributed by atoms with van der Waals surface area (Å²) in [5, 5.41) is 4.78. The largest absolute Gasteiger partial charge is 0.466 e. The second-order valence-corrected chi connectivity index (χ2v) is 7.68. The smallest absolute Gasteiger partial charge is 0.314 e. The maximum atomic E-state index is 12.9. The zero-order valence-corrected chi connectivity index (χ0v) is 16.9. The van der Waals surface area contributed by atoms with Crippen molar-refractivity contribution in [3.63, 3.8) is 0 Å². The van der Waals surface area contributed by atoms with Gasteiger partial charge in [0.05, 0.1) is 12.0 Å². The second-order valence-electron chi connectivity index (χ2n) is 7.25. The molecule has 1 fully saturated rings. The number of nitrogens with zero attached hydrogens (tertiary/aromatic N) is 3. The molecule has 1 unspecified atom stereocenters. The minimum absolute atomic E-state index is 0.0370. The molecular formula is C21H26ClN3O3. The molecule has 2 heterocycles. The molecule has 6 nitrogen and oxygen atoms in total. The van der Waals surface area contributed by atoms with Crippen molar-refractivity contribution in [2.75, 3.05) is 19.7 Å². The highest BCUT2D eigenvalue weighted by atomic mass is 35.5. The molecule has 150 valence electrons. The lowest BCUT2D eigenvalue weighted by Crippen LogP contribution is -2.51. The van der Waals surface area contributed by atoms with Crippen LogP contribution in [0, 0.1) is 5.41 Å². The Balaban J connectivity index is 1.74. The Labute approximate surface area is 170 Å². The summed E-state index contributed by atoms with van der Waals surface area (Å²) in [7, 11) is 0. The molecule has 3 rings (SSSR count). The number of ether oxygens (including phenoxy) is 1. The summed E-state index contributed by atoms with van der Waals surface area (Å²) in [5.74, 6) is -0.200. The van der Waals surface area contributed by atoms with Crippen molar-refractivity contribution in [3.05, 3.63) is 53.3 Å². The molecule has 0 saturated carbocycles. The standard InChI is InChI=1S/C21H26ClN3O3/c1-2-28-20(27)21(15-17-6-3-7-18(22)14-17)9-4-11-24(16-21)19(26)8-13-25-12-5-10-23-25/h3,5-7,10,12,14H,2,4,8-9,11,13,15-16H2,1H3. The van der Waals surface area contributed by atoms with E-state index in [0.717, 1.165) is 12.0 Å². The number of piperidine rings is 1. The molecule has 0 aliphatic carbocycles. The molecule has 0 N–H and O–H groups in total. The van der Waals surface area contributed by atoms with Crippen molar-refractivity contribution in [2.24, 2.45) is 5.41 Å². The molecule has 1 atom stereocenters. The highest BCUT2D eigenvalue weighted by molar-refractivity contribution is 6.30. The summed E-state index contributed by atoms with van der Waals surface area (Å²) in [6.45, 7) is 3.69. The average Bonchev–Trinajstić information content (AvgIpc) is 3.20. The molecule has 1 aliphatic heterocycles. The number of rotatable bonds is 7. The van der Waals surface area contributed by atoms with E-state index in [2.05, 4.69) is 5.10 Å². The van der Waals surface area contributed by atoms with Gasteiger partial charge in [-0.3, -0.25) is 14.3 Å². The first kappa shape index (κ1) is 20.4. The number of esters is 1. The summed E-state index contributed by atoms with van der Waals surface area (Å²) in [6, 6.07) is 9.37. The van der Waals surface area contributed by atoms with Gasteiger partial charge in [0.15, 0.2) is 0 Å². The maximum absolute atomic E-state index is 12.9. The van der Waals surface area contributed by atoms with E-state index in [1.807, 2.05) is 36.5 Å². The van der Waals surface area contributed by atoms with Crippen LogP contribution in [0.5, 0.6) is 0 Å². The van der Waals surface area contributed by atoms with E-state index in [1.54, 1.807) is 22.7 Å². The number of carbonyl (C=O) groups excluding carboxylic acids is 2. The third kappa shape index (κ3) is 4.93.